The number of benzene rings is 7. The van der Waals surface area contributed by atoms with Crippen molar-refractivity contribution in [3.63, 3.8) is 0 Å². The van der Waals surface area contributed by atoms with E-state index in [4.69, 9.17) is 47.8 Å². The molecule has 0 radical (unpaired) electrons. The second-order valence-electron chi connectivity index (χ2n) is 36.3. The Hall–Kier alpha value is -9.17. The number of para-hydroxylation sites is 2. The molecule has 0 aromatic heterocycles. The molecule has 7 aromatic carbocycles. The maximum atomic E-state index is 14.0. The number of hydrogen-bond acceptors (Lipinski definition) is 17. The summed E-state index contributed by atoms with van der Waals surface area (Å²) in [6.07, 6.45) is 17.6. The predicted molar refractivity (Wildman–Crippen MR) is 601 cm³/mol. The Morgan fingerprint density at radius 1 is 0.500 bits per heavy atom. The molecule has 28 heteroatoms. The van der Waals surface area contributed by atoms with E-state index in [1.807, 2.05) is 227 Å². The van der Waals surface area contributed by atoms with Crippen LogP contribution in [0.2, 0.25) is 0 Å². The molecule has 2 spiro atoms. The summed E-state index contributed by atoms with van der Waals surface area (Å²) >= 11 is 11.1. The molecule has 7 saturated heterocycles. The molecule has 4 amide bonds. The number of anilines is 2. The Kier molecular flexibility index (Phi) is 71.6. The number of carbonyl (C=O) groups is 4. The van der Waals surface area contributed by atoms with Crippen LogP contribution in [-0.4, -0.2) is 236 Å². The third-order valence-corrected chi connectivity index (χ3v) is 25.5. The number of likely N-dealkylation sites (tertiary alicyclic amines) is 4. The number of ether oxygens (including phenoxy) is 3. The molecule has 146 heavy (non-hydrogen) atoms. The van der Waals surface area contributed by atoms with Crippen molar-refractivity contribution in [1.82, 2.24) is 35.1 Å². The van der Waals surface area contributed by atoms with Crippen LogP contribution >= 0.6 is 23.2 Å². The van der Waals surface area contributed by atoms with Crippen molar-refractivity contribution in [3.05, 3.63) is 251 Å². The summed E-state index contributed by atoms with van der Waals surface area (Å²) in [6.45, 7) is 55.5. The van der Waals surface area contributed by atoms with Gasteiger partial charge in [-0.25, -0.2) is 22.8 Å². The molecule has 0 aliphatic carbocycles. The SMILES string of the molecule is CC.CC.CC.CC.CC.CC.CC.CC(C)(C)OC(=O)N(CCCl)CCCl.CC(C)(C)OC(=O)N1CCC(C#N)(c2ccccc2F)CC1.CCO.N#CC1(c2ccccc2F)CCNCC1.N#CCc1ccccc1F.O=C(/C=C/c1ccccc1)N1CCC(C(O)CN2CCC3(CC2)CNc2ccccc23)CC1.O=C(/C=C/c1ccccc1)N1CCC(C2CO2)CC1.[AlH3].[H-].[Li+].c1ccc2c(c1)NCC21CCNCC1. The molecule has 804 valence electrons. The summed E-state index contributed by atoms with van der Waals surface area (Å²) in [7, 11) is 0. The summed E-state index contributed by atoms with van der Waals surface area (Å²) in [5.74, 6) is 0.975. The van der Waals surface area contributed by atoms with Crippen molar-refractivity contribution in [2.24, 2.45) is 11.8 Å². The zero-order valence-corrected chi connectivity index (χ0v) is 93.2. The topological polar surface area (TPSA) is 275 Å². The number of rotatable bonds is 15. The molecule has 16 rings (SSSR count). The van der Waals surface area contributed by atoms with Gasteiger partial charge in [-0.05, 0) is 241 Å². The first kappa shape index (κ1) is 137. The van der Waals surface area contributed by atoms with E-state index in [0.29, 0.717) is 97.7 Å². The van der Waals surface area contributed by atoms with Gasteiger partial charge < -0.3 is 71.6 Å². The van der Waals surface area contributed by atoms with E-state index in [2.05, 4.69) is 86.8 Å². The van der Waals surface area contributed by atoms with Crippen molar-refractivity contribution >= 4 is 88.1 Å². The smallest absolute Gasteiger partial charge is 1.00 e. The van der Waals surface area contributed by atoms with Crippen molar-refractivity contribution in [1.29, 1.82) is 15.8 Å². The average Bonchev–Trinajstić information content (AvgIpc) is 1.45. The number of carbonyl (C=O) groups excluding carboxylic acids is 4. The minimum atomic E-state index is -0.871. The number of nitrogens with one attached hydrogen (secondary N) is 4. The van der Waals surface area contributed by atoms with Crippen molar-refractivity contribution in [2.75, 3.05) is 147 Å². The van der Waals surface area contributed by atoms with Crippen LogP contribution in [0.5, 0.6) is 0 Å². The van der Waals surface area contributed by atoms with Gasteiger partial charge in [-0.15, -0.1) is 23.2 Å². The van der Waals surface area contributed by atoms with Gasteiger partial charge in [0.1, 0.15) is 28.7 Å². The Bertz CT molecular complexity index is 4870. The number of hydrogen-bond donors (Lipinski definition) is 6. The summed E-state index contributed by atoms with van der Waals surface area (Å²) in [6, 6.07) is 63.1. The van der Waals surface area contributed by atoms with Crippen LogP contribution in [0.3, 0.4) is 0 Å². The Labute approximate surface area is 911 Å². The van der Waals surface area contributed by atoms with E-state index in [1.54, 1.807) is 84.1 Å². The first-order chi connectivity index (χ1) is 69.6. The summed E-state index contributed by atoms with van der Waals surface area (Å²) in [5.41, 5.74) is 7.37. The van der Waals surface area contributed by atoms with Gasteiger partial charge in [0.15, 0.2) is 17.4 Å². The van der Waals surface area contributed by atoms with Gasteiger partial charge in [0, 0.05) is 141 Å². The first-order valence-corrected chi connectivity index (χ1v) is 53.9. The van der Waals surface area contributed by atoms with Gasteiger partial charge in [-0.2, -0.15) is 15.8 Å². The summed E-state index contributed by atoms with van der Waals surface area (Å²) in [5, 5.41) is 59.4. The van der Waals surface area contributed by atoms with E-state index < -0.39 is 22.0 Å². The number of aliphatic hydroxyl groups is 2. The number of alkyl halides is 2. The van der Waals surface area contributed by atoms with Crippen LogP contribution in [0.15, 0.2) is 194 Å². The molecule has 2 unspecified atom stereocenters. The van der Waals surface area contributed by atoms with Crippen molar-refractivity contribution in [3.8, 4) is 18.2 Å². The molecule has 7 aromatic rings. The molecule has 0 saturated carbocycles. The van der Waals surface area contributed by atoms with Gasteiger partial charge in [-0.1, -0.05) is 249 Å². The fourth-order valence-corrected chi connectivity index (χ4v) is 18.1. The zero-order chi connectivity index (χ0) is 108. The minimum Gasteiger partial charge on any atom is -1.00 e. The Morgan fingerprint density at radius 3 is 1.23 bits per heavy atom. The third-order valence-electron chi connectivity index (χ3n) is 25.1. The van der Waals surface area contributed by atoms with Crippen LogP contribution in [0.25, 0.3) is 12.2 Å². The number of amides is 4. The first-order valence-electron chi connectivity index (χ1n) is 52.8. The monoisotopic (exact) mass is 2070 g/mol. The van der Waals surface area contributed by atoms with Crippen LogP contribution in [-0.2, 0) is 51.9 Å². The number of aliphatic hydroxyl groups excluding tert-OH is 2. The molecule has 7 fully saturated rings. The van der Waals surface area contributed by atoms with E-state index in [-0.39, 0.29) is 110 Å². The van der Waals surface area contributed by atoms with Crippen LogP contribution in [0.4, 0.5) is 34.1 Å². The van der Waals surface area contributed by atoms with Gasteiger partial charge in [0.2, 0.25) is 11.8 Å². The predicted octanol–water partition coefficient (Wildman–Crippen LogP) is 21.1. The molecule has 9 aliphatic heterocycles. The van der Waals surface area contributed by atoms with E-state index in [9.17, 15) is 48.0 Å². The molecular formula is C118H179AlCl2F3LiN12O9. The Balaban J connectivity index is 0. The minimum absolute atomic E-state index is 0. The van der Waals surface area contributed by atoms with E-state index >= 15 is 0 Å². The van der Waals surface area contributed by atoms with Gasteiger partial charge in [-0.3, -0.25) is 9.59 Å². The standard InChI is InChI=1S/C28H35N3O2.C17H21FN2O2.C16H19NO2.C12H13FN2.C12H16N2.C9H17Cl2NO2.C8H6FN.C2H6O.7C2H6.Al.Li.4H/c32-26(20-30-18-14-28(15-19-30)21-29-25-9-5-4-8-24(25)28)23-12-16-31(17-13-23)27(33)11-10-22-6-2-1-3-7-22;1-16(2,3)22-15(21)20-10-8-17(12-19,9-11-20)13-6-4-5-7-14(13)18;18-16(7-6-13-4-2-1-3-5-13)17-10-8-14(9-11-17)15-12-19-15;13-11-4-2-1-3-10(11)12(9-14)5-7-15-8-6-12;1-2-4-11-10(3-1)12(9-14-11)5-7-13-8-6-12;1-9(2,3)14-8(13)12(6-4-10)7-5-11;9-8-4-2-1-3-7(8)5-6-10;1-2-3;7*1-2;;;;;;/h1-11,23,26,29,32H,12-21H2;4-7H,8-11H2,1-3H3;1-7,14-15H,8-12H2;1-4,15H,5-8H2;1-4,13-14H,5-9H2;4-7H2,1-3H3;1-4H,5H2;3H,2H2,1H3;7*1-2H3;;;;;;/q;;;;;;;;;;;;;;;;+1;;;;-1/b11-10+;;7-6+;;;;;;;;;;;;;;;;;;. The van der Waals surface area contributed by atoms with Crippen LogP contribution in [0, 0.1) is 63.3 Å². The maximum Gasteiger partial charge on any atom is 1.00 e. The summed E-state index contributed by atoms with van der Waals surface area (Å²) in [4.78, 5) is 57.6. The third kappa shape index (κ3) is 46.5. The largest absolute Gasteiger partial charge is 1.00 e. The van der Waals surface area contributed by atoms with Crippen molar-refractivity contribution < 1.29 is 77.1 Å². The second-order valence-corrected chi connectivity index (χ2v) is 37.1. The van der Waals surface area contributed by atoms with Crippen LogP contribution in [0.1, 0.15) is 263 Å². The summed E-state index contributed by atoms with van der Waals surface area (Å²) < 4.78 is 56.1. The average molecular weight is 2070 g/mol. The fourth-order valence-electron chi connectivity index (χ4n) is 17.7. The van der Waals surface area contributed by atoms with E-state index in [1.165, 1.54) is 52.9 Å². The number of β-amino-alcohol motifs (C(OH)–C–C–N with tert-alkyl or cyclic N) is 1. The fraction of sp³-hybridized carbons (Fsp3) is 0.551. The number of nitriles is 3. The number of piperidine rings is 6. The maximum absolute atomic E-state index is 14.0. The number of fused-ring (bicyclic) bond motifs is 4. The van der Waals surface area contributed by atoms with Crippen molar-refractivity contribution in [2.45, 2.75) is 274 Å². The van der Waals surface area contributed by atoms with Gasteiger partial charge in [0.25, 0.3) is 0 Å². The number of halogens is 5. The molecule has 9 aliphatic rings. The molecule has 0 bridgehead atoms. The zero-order valence-electron chi connectivity index (χ0n) is 92.7. The van der Waals surface area contributed by atoms with Gasteiger partial charge >= 0.3 is 31.0 Å². The normalized spacial score (nSPS) is 17.0. The van der Waals surface area contributed by atoms with Crippen LogP contribution < -0.4 is 40.1 Å². The van der Waals surface area contributed by atoms with Gasteiger partial charge in [0.05, 0.1) is 54.3 Å². The quantitative estimate of drug-likeness (QED) is 0.0241. The molecule has 6 N–H and O–H groups in total. The molecule has 9 heterocycles. The number of nitrogens with zero attached hydrogens (tertiary/aromatic N) is 8. The number of epoxide rings is 1. The molecule has 2 atom stereocenters. The Morgan fingerprint density at radius 2 is 0.856 bits per heavy atom. The molecule has 21 nitrogen and oxygen atoms in total. The van der Waals surface area contributed by atoms with E-state index in [0.717, 1.165) is 141 Å². The molecular weight excluding hydrogens is 1890 g/mol. The second kappa shape index (κ2) is 76.4.